The van der Waals surface area contributed by atoms with Gasteiger partial charge in [-0.3, -0.25) is 4.79 Å². The Hall–Kier alpha value is -3.29. The maximum Gasteiger partial charge on any atom is 0.409 e. The number of anilines is 2. The lowest BCUT2D eigenvalue weighted by Crippen LogP contribution is -2.46. The zero-order valence-corrected chi connectivity index (χ0v) is 16.7. The molecule has 8 heteroatoms. The molecule has 1 aromatic carbocycles. The molecule has 1 aliphatic rings. The number of nitrogens with zero attached hydrogens (tertiary/aromatic N) is 2. The molecule has 0 bridgehead atoms. The Labute approximate surface area is 170 Å². The first kappa shape index (κ1) is 20.4. The number of carbonyl (C=O) groups excluding carboxylic acids is 2. The van der Waals surface area contributed by atoms with Crippen molar-refractivity contribution in [3.05, 3.63) is 48.3 Å². The van der Waals surface area contributed by atoms with Gasteiger partial charge in [-0.1, -0.05) is 12.1 Å². The third-order valence-corrected chi connectivity index (χ3v) is 4.74. The summed E-state index contributed by atoms with van der Waals surface area (Å²) in [5, 5.41) is 6.22. The van der Waals surface area contributed by atoms with Crippen molar-refractivity contribution in [3.63, 3.8) is 0 Å². The Bertz CT molecular complexity index is 833. The van der Waals surface area contributed by atoms with Gasteiger partial charge < -0.3 is 25.0 Å². The Kier molecular flexibility index (Phi) is 6.89. The molecule has 154 valence electrons. The first-order chi connectivity index (χ1) is 14.1. The molecular weight excluding hydrogens is 372 g/mol. The predicted octanol–water partition coefficient (Wildman–Crippen LogP) is 3.18. The number of para-hydroxylation sites is 2. The second-order valence-corrected chi connectivity index (χ2v) is 6.69. The third-order valence-electron chi connectivity index (χ3n) is 4.74. The number of piperidine rings is 1. The van der Waals surface area contributed by atoms with Crippen LogP contribution >= 0.6 is 0 Å². The van der Waals surface area contributed by atoms with Gasteiger partial charge in [0.25, 0.3) is 5.91 Å². The van der Waals surface area contributed by atoms with Crippen LogP contribution in [-0.2, 0) is 4.74 Å². The fourth-order valence-electron chi connectivity index (χ4n) is 3.19. The van der Waals surface area contributed by atoms with E-state index >= 15 is 0 Å². The summed E-state index contributed by atoms with van der Waals surface area (Å²) in [5.41, 5.74) is 1.93. The minimum Gasteiger partial charge on any atom is -0.495 e. The van der Waals surface area contributed by atoms with Crippen molar-refractivity contribution >= 4 is 23.4 Å². The van der Waals surface area contributed by atoms with Crippen LogP contribution in [0.1, 0.15) is 30.3 Å². The van der Waals surface area contributed by atoms with Gasteiger partial charge in [0.15, 0.2) is 0 Å². The van der Waals surface area contributed by atoms with Gasteiger partial charge in [-0.2, -0.15) is 0 Å². The van der Waals surface area contributed by atoms with E-state index in [0.29, 0.717) is 38.2 Å². The minimum atomic E-state index is -0.294. The molecule has 2 amide bonds. The molecule has 1 aliphatic heterocycles. The number of carbonyl (C=O) groups is 2. The summed E-state index contributed by atoms with van der Waals surface area (Å²) in [4.78, 5) is 30.2. The van der Waals surface area contributed by atoms with Crippen molar-refractivity contribution in [1.29, 1.82) is 0 Å². The SMILES string of the molecule is CCOC(=O)N1CCC(NC(=O)c2ccc(Nc3ccccc3OC)cn2)CC1. The van der Waals surface area contributed by atoms with Gasteiger partial charge >= 0.3 is 6.09 Å². The number of methoxy groups -OCH3 is 1. The van der Waals surface area contributed by atoms with Crippen LogP contribution in [-0.4, -0.2) is 54.7 Å². The number of hydrogen-bond acceptors (Lipinski definition) is 6. The number of pyridine rings is 1. The van der Waals surface area contributed by atoms with Crippen molar-refractivity contribution in [3.8, 4) is 5.75 Å². The maximum absolute atomic E-state index is 12.5. The summed E-state index contributed by atoms with van der Waals surface area (Å²) in [6, 6.07) is 11.1. The number of ether oxygens (including phenoxy) is 2. The maximum atomic E-state index is 12.5. The van der Waals surface area contributed by atoms with Gasteiger partial charge in [-0.25, -0.2) is 9.78 Å². The molecule has 0 aliphatic carbocycles. The number of aromatic nitrogens is 1. The average molecular weight is 398 g/mol. The van der Waals surface area contributed by atoms with E-state index < -0.39 is 0 Å². The van der Waals surface area contributed by atoms with Crippen molar-refractivity contribution < 1.29 is 19.1 Å². The Morgan fingerprint density at radius 2 is 1.93 bits per heavy atom. The average Bonchev–Trinajstić information content (AvgIpc) is 2.75. The van der Waals surface area contributed by atoms with Gasteiger partial charge in [-0.05, 0) is 44.0 Å². The second kappa shape index (κ2) is 9.77. The van der Waals surface area contributed by atoms with Crippen LogP contribution in [0, 0.1) is 0 Å². The number of hydrogen-bond donors (Lipinski definition) is 2. The van der Waals surface area contributed by atoms with Crippen LogP contribution < -0.4 is 15.4 Å². The molecule has 2 aromatic rings. The van der Waals surface area contributed by atoms with E-state index in [4.69, 9.17) is 9.47 Å². The van der Waals surface area contributed by atoms with Gasteiger partial charge in [0.2, 0.25) is 0 Å². The van der Waals surface area contributed by atoms with Crippen molar-refractivity contribution in [2.24, 2.45) is 0 Å². The lowest BCUT2D eigenvalue weighted by atomic mass is 10.1. The van der Waals surface area contributed by atoms with E-state index in [-0.39, 0.29) is 18.0 Å². The third kappa shape index (κ3) is 5.37. The molecule has 8 nitrogen and oxygen atoms in total. The highest BCUT2D eigenvalue weighted by atomic mass is 16.6. The van der Waals surface area contributed by atoms with Crippen LogP contribution in [0.15, 0.2) is 42.6 Å². The van der Waals surface area contributed by atoms with Crippen molar-refractivity contribution in [2.45, 2.75) is 25.8 Å². The number of rotatable bonds is 6. The summed E-state index contributed by atoms with van der Waals surface area (Å²) in [5.74, 6) is 0.506. The summed E-state index contributed by atoms with van der Waals surface area (Å²) in [6.07, 6.45) is 2.71. The summed E-state index contributed by atoms with van der Waals surface area (Å²) < 4.78 is 10.3. The zero-order valence-electron chi connectivity index (χ0n) is 16.7. The molecule has 2 heterocycles. The van der Waals surface area contributed by atoms with E-state index in [1.165, 1.54) is 0 Å². The Morgan fingerprint density at radius 3 is 2.59 bits per heavy atom. The van der Waals surface area contributed by atoms with Crippen LogP contribution in [0.4, 0.5) is 16.2 Å². The summed E-state index contributed by atoms with van der Waals surface area (Å²) >= 11 is 0. The monoisotopic (exact) mass is 398 g/mol. The first-order valence-corrected chi connectivity index (χ1v) is 9.69. The molecular formula is C21H26N4O4. The summed E-state index contributed by atoms with van der Waals surface area (Å²) in [7, 11) is 1.61. The van der Waals surface area contributed by atoms with Crippen LogP contribution in [0.2, 0.25) is 0 Å². The molecule has 1 fully saturated rings. The van der Waals surface area contributed by atoms with E-state index in [1.54, 1.807) is 37.3 Å². The lowest BCUT2D eigenvalue weighted by molar-refractivity contribution is 0.0856. The molecule has 29 heavy (non-hydrogen) atoms. The molecule has 0 unspecified atom stereocenters. The van der Waals surface area contributed by atoms with E-state index in [0.717, 1.165) is 17.1 Å². The molecule has 1 aromatic heterocycles. The highest BCUT2D eigenvalue weighted by Crippen LogP contribution is 2.26. The number of nitrogens with one attached hydrogen (secondary N) is 2. The predicted molar refractivity (Wildman–Crippen MR) is 110 cm³/mol. The molecule has 0 atom stereocenters. The van der Waals surface area contributed by atoms with Gasteiger partial charge in [0.05, 0.1) is 31.3 Å². The highest BCUT2D eigenvalue weighted by Gasteiger charge is 2.25. The first-order valence-electron chi connectivity index (χ1n) is 9.69. The zero-order chi connectivity index (χ0) is 20.6. The van der Waals surface area contributed by atoms with E-state index in [1.807, 2.05) is 24.3 Å². The van der Waals surface area contributed by atoms with Crippen molar-refractivity contribution in [2.75, 3.05) is 32.1 Å². The fraction of sp³-hybridized carbons (Fsp3) is 0.381. The molecule has 0 saturated carbocycles. The van der Waals surface area contributed by atoms with E-state index in [9.17, 15) is 9.59 Å². The number of benzene rings is 1. The molecule has 0 spiro atoms. The minimum absolute atomic E-state index is 0.0151. The molecule has 0 radical (unpaired) electrons. The van der Waals surface area contributed by atoms with Crippen molar-refractivity contribution in [1.82, 2.24) is 15.2 Å². The molecule has 3 rings (SSSR count). The highest BCUT2D eigenvalue weighted by molar-refractivity contribution is 5.92. The smallest absolute Gasteiger partial charge is 0.409 e. The van der Waals surface area contributed by atoms with Gasteiger partial charge in [0, 0.05) is 19.1 Å². The largest absolute Gasteiger partial charge is 0.495 e. The fourth-order valence-corrected chi connectivity index (χ4v) is 3.19. The quantitative estimate of drug-likeness (QED) is 0.776. The van der Waals surface area contributed by atoms with Crippen LogP contribution in [0.5, 0.6) is 5.75 Å². The molecule has 2 N–H and O–H groups in total. The summed E-state index contributed by atoms with van der Waals surface area (Å²) in [6.45, 7) is 3.29. The Morgan fingerprint density at radius 1 is 1.17 bits per heavy atom. The topological polar surface area (TPSA) is 92.8 Å². The van der Waals surface area contributed by atoms with Gasteiger partial charge in [0.1, 0.15) is 11.4 Å². The van der Waals surface area contributed by atoms with Crippen LogP contribution in [0.3, 0.4) is 0 Å². The van der Waals surface area contributed by atoms with Gasteiger partial charge in [-0.15, -0.1) is 0 Å². The Balaban J connectivity index is 1.52. The van der Waals surface area contributed by atoms with E-state index in [2.05, 4.69) is 15.6 Å². The second-order valence-electron chi connectivity index (χ2n) is 6.69. The van der Waals surface area contributed by atoms with Crippen LogP contribution in [0.25, 0.3) is 0 Å². The standard InChI is InChI=1S/C21H26N4O4/c1-3-29-21(27)25-12-10-15(11-13-25)24-20(26)18-9-8-16(14-22-18)23-17-6-4-5-7-19(17)28-2/h4-9,14-15,23H,3,10-13H2,1-2H3,(H,24,26). The number of likely N-dealkylation sites (tertiary alicyclic amines) is 1. The lowest BCUT2D eigenvalue weighted by Gasteiger charge is -2.31. The molecule has 1 saturated heterocycles. The number of amides is 2. The normalized spacial score (nSPS) is 14.2.